The fraction of sp³-hybridized carbons (Fsp3) is 0.269. The first-order valence-electron chi connectivity index (χ1n) is 11.5. The Morgan fingerprint density at radius 2 is 1.72 bits per heavy atom. The van der Waals surface area contributed by atoms with Crippen molar-refractivity contribution in [3.05, 3.63) is 77.6 Å². The number of sulfonamides is 1. The van der Waals surface area contributed by atoms with E-state index in [2.05, 4.69) is 6.92 Å². The van der Waals surface area contributed by atoms with E-state index in [9.17, 15) is 26.7 Å². The minimum absolute atomic E-state index is 0.147. The number of para-hydroxylation sites is 1. The lowest BCUT2D eigenvalue weighted by Crippen LogP contribution is -2.30. The van der Waals surface area contributed by atoms with Crippen molar-refractivity contribution in [2.45, 2.75) is 45.2 Å². The maximum Gasteiger partial charge on any atom is 0.516 e. The van der Waals surface area contributed by atoms with Crippen molar-refractivity contribution < 1.29 is 26.7 Å². The highest BCUT2D eigenvalue weighted by atomic mass is 32.2. The number of hydrogen-bond donors (Lipinski definition) is 2. The van der Waals surface area contributed by atoms with Gasteiger partial charge in [0.05, 0.1) is 11.2 Å². The van der Waals surface area contributed by atoms with Gasteiger partial charge in [-0.2, -0.15) is 21.6 Å². The number of alkyl halides is 3. The number of fused-ring (bicyclic) bond motifs is 1. The number of benzene rings is 3. The van der Waals surface area contributed by atoms with Crippen LogP contribution in [0.25, 0.3) is 22.2 Å². The zero-order valence-electron chi connectivity index (χ0n) is 19.8. The van der Waals surface area contributed by atoms with E-state index >= 15 is 0 Å². The van der Waals surface area contributed by atoms with E-state index in [-0.39, 0.29) is 11.4 Å². The first-order valence-corrected chi connectivity index (χ1v) is 12.9. The first-order chi connectivity index (χ1) is 17.0. The van der Waals surface area contributed by atoms with Crippen molar-refractivity contribution in [1.82, 2.24) is 9.55 Å². The minimum atomic E-state index is -5.55. The molecule has 0 amide bonds. The van der Waals surface area contributed by atoms with Crippen molar-refractivity contribution in [3.63, 3.8) is 0 Å². The molecule has 0 saturated carbocycles. The topological polar surface area (TPSA) is 84.2 Å². The molecule has 6 nitrogen and oxygen atoms in total. The van der Waals surface area contributed by atoms with Gasteiger partial charge in [-0.1, -0.05) is 61.9 Å². The molecule has 0 bridgehead atoms. The van der Waals surface area contributed by atoms with E-state index in [1.54, 1.807) is 35.1 Å². The van der Waals surface area contributed by atoms with Gasteiger partial charge in [-0.05, 0) is 42.2 Å². The smallest absolute Gasteiger partial charge is 0.506 e. The lowest BCUT2D eigenvalue weighted by molar-refractivity contribution is -0.0429. The second-order valence-corrected chi connectivity index (χ2v) is 10.3. The molecule has 190 valence electrons. The summed E-state index contributed by atoms with van der Waals surface area (Å²) in [5, 5.41) is 10.6. The fourth-order valence-corrected chi connectivity index (χ4v) is 4.67. The molecule has 36 heavy (non-hydrogen) atoms. The van der Waals surface area contributed by atoms with Crippen molar-refractivity contribution in [3.8, 4) is 16.9 Å². The van der Waals surface area contributed by atoms with Crippen LogP contribution in [-0.4, -0.2) is 28.6 Å². The second kappa shape index (κ2) is 9.85. The number of aromatic nitrogens is 2. The van der Waals surface area contributed by atoms with Crippen molar-refractivity contribution in [2.75, 3.05) is 4.72 Å². The van der Waals surface area contributed by atoms with Crippen LogP contribution in [0.15, 0.2) is 60.7 Å². The largest absolute Gasteiger partial charge is 0.516 e. The van der Waals surface area contributed by atoms with Crippen LogP contribution in [-0.2, 0) is 23.0 Å². The summed E-state index contributed by atoms with van der Waals surface area (Å²) in [6.07, 6.45) is 2.71. The van der Waals surface area contributed by atoms with Gasteiger partial charge in [0.25, 0.3) is 0 Å². The van der Waals surface area contributed by atoms with Gasteiger partial charge >= 0.3 is 15.5 Å². The van der Waals surface area contributed by atoms with Gasteiger partial charge < -0.3 is 9.67 Å². The van der Waals surface area contributed by atoms with E-state index in [0.29, 0.717) is 23.2 Å². The Hall–Kier alpha value is -3.53. The Morgan fingerprint density at radius 1 is 1.03 bits per heavy atom. The maximum absolute atomic E-state index is 12.9. The average molecular weight is 518 g/mol. The molecule has 2 N–H and O–H groups in total. The molecule has 0 aliphatic rings. The number of phenolic OH excluding ortho intramolecular Hbond substituents is 1. The minimum Gasteiger partial charge on any atom is -0.506 e. The predicted octanol–water partition coefficient (Wildman–Crippen LogP) is 6.37. The van der Waals surface area contributed by atoms with Crippen LogP contribution < -0.4 is 4.72 Å². The zero-order chi connectivity index (χ0) is 26.1. The molecular weight excluding hydrogens is 491 g/mol. The van der Waals surface area contributed by atoms with Gasteiger partial charge in [0.1, 0.15) is 17.1 Å². The summed E-state index contributed by atoms with van der Waals surface area (Å²) in [5.74, 6) is 1.01. The average Bonchev–Trinajstić information content (AvgIpc) is 3.19. The number of nitrogens with one attached hydrogen (secondary N) is 1. The normalized spacial score (nSPS) is 12.2. The van der Waals surface area contributed by atoms with Crippen LogP contribution in [0, 0.1) is 6.92 Å². The number of nitrogens with zero attached hydrogens (tertiary/aromatic N) is 2. The van der Waals surface area contributed by atoms with E-state index < -0.39 is 15.5 Å². The third-order valence-electron chi connectivity index (χ3n) is 5.99. The molecule has 0 spiro atoms. The molecule has 0 radical (unpaired) electrons. The van der Waals surface area contributed by atoms with Gasteiger partial charge in [0.15, 0.2) is 0 Å². The number of halogens is 3. The number of aryl methyl sites for hydroxylation is 2. The highest BCUT2D eigenvalue weighted by molar-refractivity contribution is 7.93. The van der Waals surface area contributed by atoms with E-state index in [4.69, 9.17) is 4.98 Å². The van der Waals surface area contributed by atoms with Crippen molar-refractivity contribution in [1.29, 1.82) is 0 Å². The number of hydrogen-bond acceptors (Lipinski definition) is 4. The van der Waals surface area contributed by atoms with Gasteiger partial charge in [0.2, 0.25) is 0 Å². The Labute approximate surface area is 207 Å². The molecule has 0 atom stereocenters. The molecule has 1 heterocycles. The quantitative estimate of drug-likeness (QED) is 0.285. The molecule has 4 aromatic rings. The summed E-state index contributed by atoms with van der Waals surface area (Å²) in [6.45, 7) is 4.48. The molecule has 0 aliphatic heterocycles. The monoisotopic (exact) mass is 517 g/mol. The number of anilines is 1. The summed E-state index contributed by atoms with van der Waals surface area (Å²) in [6, 6.07) is 16.5. The number of aromatic hydroxyl groups is 1. The van der Waals surface area contributed by atoms with Gasteiger partial charge in [-0.25, -0.2) is 4.98 Å². The van der Waals surface area contributed by atoms with E-state index in [1.165, 1.54) is 12.1 Å². The molecule has 0 fully saturated rings. The Balaban J connectivity index is 1.68. The zero-order valence-corrected chi connectivity index (χ0v) is 20.6. The molecule has 10 heteroatoms. The number of rotatable bonds is 8. The van der Waals surface area contributed by atoms with Gasteiger partial charge in [-0.3, -0.25) is 4.72 Å². The fourth-order valence-electron chi connectivity index (χ4n) is 4.09. The molecule has 4 rings (SSSR count). The lowest BCUT2D eigenvalue weighted by Gasteiger charge is -2.15. The summed E-state index contributed by atoms with van der Waals surface area (Å²) >= 11 is 0. The number of unbranched alkanes of at least 4 members (excludes halogenated alkanes) is 1. The summed E-state index contributed by atoms with van der Waals surface area (Å²) in [7, 11) is -5.55. The lowest BCUT2D eigenvalue weighted by atomic mass is 10.0. The summed E-state index contributed by atoms with van der Waals surface area (Å²) in [5.41, 5.74) is -1.43. The molecule has 0 unspecified atom stereocenters. The van der Waals surface area contributed by atoms with Gasteiger partial charge in [-0.15, -0.1) is 0 Å². The van der Waals surface area contributed by atoms with Crippen LogP contribution in [0.2, 0.25) is 0 Å². The Bertz CT molecular complexity index is 1490. The Morgan fingerprint density at radius 3 is 2.39 bits per heavy atom. The van der Waals surface area contributed by atoms with Gasteiger partial charge in [0, 0.05) is 18.5 Å². The molecule has 1 aromatic heterocycles. The molecule has 0 aliphatic carbocycles. The van der Waals surface area contributed by atoms with E-state index in [0.717, 1.165) is 41.7 Å². The Kier molecular flexibility index (Phi) is 6.99. The summed E-state index contributed by atoms with van der Waals surface area (Å²) in [4.78, 5) is 4.78. The standard InChI is InChI=1S/C26H26F3N3O3S/c1-3-4-9-23-30-24-17(2)10-15-22(33)25(24)32(23)16-18-11-13-19(14-12-18)20-7-5-6-8-21(20)31-36(34,35)26(27,28)29/h5-8,10-15,31,33H,3-4,9,16H2,1-2H3. The molecular formula is C26H26F3N3O3S. The van der Waals surface area contributed by atoms with Crippen molar-refractivity contribution in [2.24, 2.45) is 0 Å². The second-order valence-electron chi connectivity index (χ2n) is 8.61. The van der Waals surface area contributed by atoms with Crippen LogP contribution >= 0.6 is 0 Å². The highest BCUT2D eigenvalue weighted by Gasteiger charge is 2.46. The third-order valence-corrected chi connectivity index (χ3v) is 7.09. The van der Waals surface area contributed by atoms with Crippen LogP contribution in [0.5, 0.6) is 5.75 Å². The predicted molar refractivity (Wildman–Crippen MR) is 134 cm³/mol. The first kappa shape index (κ1) is 25.6. The SMILES string of the molecule is CCCCc1nc2c(C)ccc(O)c2n1Cc1ccc(-c2ccccc2NS(=O)(=O)C(F)(F)F)cc1. The number of imidazole rings is 1. The van der Waals surface area contributed by atoms with Crippen LogP contribution in [0.3, 0.4) is 0 Å². The highest BCUT2D eigenvalue weighted by Crippen LogP contribution is 2.33. The third kappa shape index (κ3) is 5.04. The summed E-state index contributed by atoms with van der Waals surface area (Å²) < 4.78 is 65.6. The maximum atomic E-state index is 12.9. The molecule has 3 aromatic carbocycles. The number of phenols is 1. The van der Waals surface area contributed by atoms with E-state index in [1.807, 2.05) is 29.7 Å². The van der Waals surface area contributed by atoms with Crippen LogP contribution in [0.1, 0.15) is 36.7 Å². The van der Waals surface area contributed by atoms with Crippen molar-refractivity contribution >= 4 is 26.7 Å². The molecule has 0 saturated heterocycles. The van der Waals surface area contributed by atoms with Crippen LogP contribution in [0.4, 0.5) is 18.9 Å².